The first kappa shape index (κ1) is 21.9. The van der Waals surface area contributed by atoms with Gasteiger partial charge in [0.15, 0.2) is 0 Å². The second kappa shape index (κ2) is 9.07. The minimum absolute atomic E-state index is 0.0434. The average molecular weight is 452 g/mol. The van der Waals surface area contributed by atoms with Gasteiger partial charge >= 0.3 is 6.43 Å². The molecule has 4 aromatic rings. The highest BCUT2D eigenvalue weighted by atomic mass is 19.3. The Kier molecular flexibility index (Phi) is 6.03. The van der Waals surface area contributed by atoms with E-state index in [1.165, 1.54) is 17.0 Å². The number of aromatic nitrogens is 5. The van der Waals surface area contributed by atoms with Crippen molar-refractivity contribution in [2.75, 3.05) is 0 Å². The van der Waals surface area contributed by atoms with E-state index in [1.54, 1.807) is 19.1 Å². The molecule has 1 amide bonds. The van der Waals surface area contributed by atoms with Gasteiger partial charge in [-0.3, -0.25) is 19.1 Å². The van der Waals surface area contributed by atoms with Crippen molar-refractivity contribution in [1.82, 2.24) is 24.7 Å². The summed E-state index contributed by atoms with van der Waals surface area (Å²) in [5.41, 5.74) is 6.68. The van der Waals surface area contributed by atoms with Crippen LogP contribution in [0.2, 0.25) is 0 Å². The first-order valence-electron chi connectivity index (χ1n) is 9.86. The summed E-state index contributed by atoms with van der Waals surface area (Å²) in [5, 5.41) is 6.88. The zero-order chi connectivity index (χ0) is 23.5. The number of pyridine rings is 1. The van der Waals surface area contributed by atoms with Gasteiger partial charge in [-0.1, -0.05) is 30.3 Å². The van der Waals surface area contributed by atoms with Crippen LogP contribution in [-0.2, 0) is 11.3 Å². The molecule has 3 aromatic heterocycles. The molecule has 0 fully saturated rings. The van der Waals surface area contributed by atoms with Crippen molar-refractivity contribution in [3.8, 4) is 22.8 Å². The number of nitrogens with zero attached hydrogens (tertiary/aromatic N) is 5. The third-order valence-corrected chi connectivity index (χ3v) is 5.02. The molecular formula is C22H18F2N6O3. The van der Waals surface area contributed by atoms with Gasteiger partial charge in [0.1, 0.15) is 5.82 Å². The standard InChI is InChI=1S/C22H18F2N6O3/c1-12(18(25)31)16-10-27-19(13-5-3-2-4-6-13)30(22(16)32)11-15-8-7-14(9-26-15)20-28-29-21(33-20)17(23)24/h2-10,12,17H,11H2,1H3,(H2,25,31). The van der Waals surface area contributed by atoms with Crippen LogP contribution in [0.3, 0.4) is 0 Å². The number of hydrogen-bond acceptors (Lipinski definition) is 7. The van der Waals surface area contributed by atoms with Crippen molar-refractivity contribution < 1.29 is 18.0 Å². The Morgan fingerprint density at radius 1 is 1.06 bits per heavy atom. The number of alkyl halides is 2. The van der Waals surface area contributed by atoms with Gasteiger partial charge in [0.25, 0.3) is 11.4 Å². The van der Waals surface area contributed by atoms with Crippen molar-refractivity contribution >= 4 is 5.91 Å². The molecule has 0 aliphatic carbocycles. The van der Waals surface area contributed by atoms with E-state index in [1.807, 2.05) is 30.3 Å². The molecule has 1 unspecified atom stereocenters. The van der Waals surface area contributed by atoms with Crippen molar-refractivity contribution in [2.24, 2.45) is 5.73 Å². The summed E-state index contributed by atoms with van der Waals surface area (Å²) in [6.45, 7) is 1.58. The van der Waals surface area contributed by atoms with Gasteiger partial charge in [-0.25, -0.2) is 4.98 Å². The number of primary amides is 1. The van der Waals surface area contributed by atoms with E-state index in [4.69, 9.17) is 10.2 Å². The van der Waals surface area contributed by atoms with Crippen LogP contribution in [0.4, 0.5) is 8.78 Å². The molecule has 0 aliphatic heterocycles. The number of nitrogens with two attached hydrogens (primary N) is 1. The maximum absolute atomic E-state index is 13.3. The molecule has 11 heteroatoms. The predicted molar refractivity (Wildman–Crippen MR) is 113 cm³/mol. The van der Waals surface area contributed by atoms with Crippen LogP contribution in [-0.4, -0.2) is 30.6 Å². The topological polar surface area (TPSA) is 130 Å². The quantitative estimate of drug-likeness (QED) is 0.456. The highest BCUT2D eigenvalue weighted by Gasteiger charge is 2.21. The van der Waals surface area contributed by atoms with E-state index < -0.39 is 29.7 Å². The van der Waals surface area contributed by atoms with Crippen LogP contribution < -0.4 is 11.3 Å². The molecule has 0 saturated heterocycles. The van der Waals surface area contributed by atoms with Gasteiger partial charge in [0, 0.05) is 23.5 Å². The first-order valence-corrected chi connectivity index (χ1v) is 9.86. The normalized spacial score (nSPS) is 12.1. The summed E-state index contributed by atoms with van der Waals surface area (Å²) in [6.07, 6.45) is -0.123. The average Bonchev–Trinajstić information content (AvgIpc) is 3.32. The fourth-order valence-corrected chi connectivity index (χ4v) is 3.17. The van der Waals surface area contributed by atoms with Gasteiger partial charge in [-0.15, -0.1) is 10.2 Å². The van der Waals surface area contributed by atoms with Gasteiger partial charge in [-0.2, -0.15) is 8.78 Å². The van der Waals surface area contributed by atoms with Crippen LogP contribution in [0.15, 0.2) is 64.1 Å². The summed E-state index contributed by atoms with van der Waals surface area (Å²) in [4.78, 5) is 33.6. The van der Waals surface area contributed by atoms with Crippen LogP contribution in [0.1, 0.15) is 36.4 Å². The number of benzene rings is 1. The van der Waals surface area contributed by atoms with E-state index in [2.05, 4.69) is 20.2 Å². The molecule has 0 spiro atoms. The van der Waals surface area contributed by atoms with Gasteiger partial charge in [0.05, 0.1) is 23.7 Å². The lowest BCUT2D eigenvalue weighted by molar-refractivity contribution is -0.119. The van der Waals surface area contributed by atoms with E-state index in [0.29, 0.717) is 22.6 Å². The largest absolute Gasteiger partial charge is 0.415 e. The monoisotopic (exact) mass is 452 g/mol. The highest BCUT2D eigenvalue weighted by molar-refractivity contribution is 5.81. The Labute approximate surface area is 185 Å². The van der Waals surface area contributed by atoms with Crippen LogP contribution >= 0.6 is 0 Å². The number of carbonyl (C=O) groups excluding carboxylic acids is 1. The van der Waals surface area contributed by atoms with E-state index in [9.17, 15) is 18.4 Å². The van der Waals surface area contributed by atoms with Crippen LogP contribution in [0.25, 0.3) is 22.8 Å². The van der Waals surface area contributed by atoms with Crippen molar-refractivity contribution in [3.63, 3.8) is 0 Å². The van der Waals surface area contributed by atoms with E-state index >= 15 is 0 Å². The molecule has 0 aliphatic rings. The van der Waals surface area contributed by atoms with E-state index in [-0.39, 0.29) is 18.0 Å². The Morgan fingerprint density at radius 3 is 2.42 bits per heavy atom. The smallest absolute Gasteiger partial charge is 0.314 e. The molecule has 1 atom stereocenters. The molecule has 0 saturated carbocycles. The molecule has 9 nitrogen and oxygen atoms in total. The number of hydrogen-bond donors (Lipinski definition) is 1. The molecule has 4 rings (SSSR count). The zero-order valence-corrected chi connectivity index (χ0v) is 17.4. The fraction of sp³-hybridized carbons (Fsp3) is 0.182. The Balaban J connectivity index is 1.72. The number of halogens is 2. The first-order chi connectivity index (χ1) is 15.8. The molecule has 2 N–H and O–H groups in total. The van der Waals surface area contributed by atoms with Crippen molar-refractivity contribution in [1.29, 1.82) is 0 Å². The Morgan fingerprint density at radius 2 is 1.82 bits per heavy atom. The van der Waals surface area contributed by atoms with Crippen LogP contribution in [0, 0.1) is 0 Å². The molecule has 3 heterocycles. The second-order valence-electron chi connectivity index (χ2n) is 7.20. The van der Waals surface area contributed by atoms with Gasteiger partial charge < -0.3 is 10.2 Å². The summed E-state index contributed by atoms with van der Waals surface area (Å²) >= 11 is 0. The van der Waals surface area contributed by atoms with Gasteiger partial charge in [0.2, 0.25) is 11.8 Å². The summed E-state index contributed by atoms with van der Waals surface area (Å²) in [7, 11) is 0. The minimum atomic E-state index is -2.87. The SMILES string of the molecule is CC(C(N)=O)c1cnc(-c2ccccc2)n(Cc2ccc(-c3nnc(C(F)F)o3)cn2)c1=O. The number of carbonyl (C=O) groups is 1. The second-order valence-corrected chi connectivity index (χ2v) is 7.20. The fourth-order valence-electron chi connectivity index (χ4n) is 3.17. The minimum Gasteiger partial charge on any atom is -0.415 e. The third kappa shape index (κ3) is 4.52. The molecule has 1 aromatic carbocycles. The Hall–Kier alpha value is -4.28. The highest BCUT2D eigenvalue weighted by Crippen LogP contribution is 2.23. The van der Waals surface area contributed by atoms with Crippen molar-refractivity contribution in [3.05, 3.63) is 82.4 Å². The molecule has 0 bridgehead atoms. The summed E-state index contributed by atoms with van der Waals surface area (Å²) in [6, 6.07) is 12.3. The van der Waals surface area contributed by atoms with Gasteiger partial charge in [-0.05, 0) is 19.1 Å². The molecule has 168 valence electrons. The number of amides is 1. The van der Waals surface area contributed by atoms with Crippen LogP contribution in [0.5, 0.6) is 0 Å². The summed E-state index contributed by atoms with van der Waals surface area (Å²) < 4.78 is 31.7. The third-order valence-electron chi connectivity index (χ3n) is 5.02. The lowest BCUT2D eigenvalue weighted by Gasteiger charge is -2.15. The lowest BCUT2D eigenvalue weighted by atomic mass is 10.0. The predicted octanol–water partition coefficient (Wildman–Crippen LogP) is 2.93. The molecular weight excluding hydrogens is 434 g/mol. The molecule has 33 heavy (non-hydrogen) atoms. The summed E-state index contributed by atoms with van der Waals surface area (Å²) in [5.74, 6) is -1.94. The maximum atomic E-state index is 13.3. The maximum Gasteiger partial charge on any atom is 0.314 e. The number of rotatable bonds is 7. The molecule has 0 radical (unpaired) electrons. The van der Waals surface area contributed by atoms with Crippen molar-refractivity contribution in [2.45, 2.75) is 25.8 Å². The lowest BCUT2D eigenvalue weighted by Crippen LogP contribution is -2.31. The Bertz CT molecular complexity index is 1340. The van der Waals surface area contributed by atoms with E-state index in [0.717, 1.165) is 0 Å². The zero-order valence-electron chi connectivity index (χ0n) is 17.4.